The highest BCUT2D eigenvalue weighted by atomic mass is 19.3. The molecule has 0 unspecified atom stereocenters. The molecule has 2 aromatic heterocycles. The van der Waals surface area contributed by atoms with E-state index in [1.807, 2.05) is 23.1 Å². The van der Waals surface area contributed by atoms with Gasteiger partial charge in [0, 0.05) is 63.0 Å². The number of hydrogen-bond donors (Lipinski definition) is 1. The Kier molecular flexibility index (Phi) is 8.27. The average Bonchev–Trinajstić information content (AvgIpc) is 3.80. The topological polar surface area (TPSA) is 77.6 Å². The first-order valence-electron chi connectivity index (χ1n) is 16.1. The van der Waals surface area contributed by atoms with Gasteiger partial charge in [0.25, 0.3) is 6.43 Å². The lowest BCUT2D eigenvalue weighted by molar-refractivity contribution is -0.131. The second-order valence-corrected chi connectivity index (χ2v) is 12.9. The first kappa shape index (κ1) is 29.8. The Morgan fingerprint density at radius 2 is 1.89 bits per heavy atom. The SMILES string of the molecule is CC[C@@H]1CN(C(=O)Cc2ccc(CN3CCN(C)CC3)c(C(F)F)c2)Cc2cc(Oc3ncnc4[nH]c(C5CC5)cc34)ccc21. The van der Waals surface area contributed by atoms with Crippen LogP contribution in [0.4, 0.5) is 8.78 Å². The van der Waals surface area contributed by atoms with Gasteiger partial charge in [-0.25, -0.2) is 18.7 Å². The number of ether oxygens (including phenoxy) is 1. The molecule has 1 aliphatic carbocycles. The number of rotatable bonds is 9. The van der Waals surface area contributed by atoms with Crippen LogP contribution in [-0.4, -0.2) is 75.3 Å². The number of halogens is 2. The van der Waals surface area contributed by atoms with Gasteiger partial charge in [-0.3, -0.25) is 9.69 Å². The molecule has 236 valence electrons. The second-order valence-electron chi connectivity index (χ2n) is 12.9. The van der Waals surface area contributed by atoms with Gasteiger partial charge < -0.3 is 19.5 Å². The quantitative estimate of drug-likeness (QED) is 0.236. The molecule has 1 amide bonds. The minimum Gasteiger partial charge on any atom is -0.438 e. The predicted molar refractivity (Wildman–Crippen MR) is 169 cm³/mol. The summed E-state index contributed by atoms with van der Waals surface area (Å²) in [5, 5.41) is 0.859. The van der Waals surface area contributed by atoms with Crippen LogP contribution in [0.1, 0.15) is 78.0 Å². The van der Waals surface area contributed by atoms with Crippen LogP contribution in [0.2, 0.25) is 0 Å². The molecule has 4 aromatic rings. The van der Waals surface area contributed by atoms with Crippen molar-refractivity contribution in [2.75, 3.05) is 39.8 Å². The number of nitrogens with one attached hydrogen (secondary N) is 1. The van der Waals surface area contributed by atoms with Gasteiger partial charge >= 0.3 is 0 Å². The molecule has 1 N–H and O–H groups in total. The molecule has 1 saturated heterocycles. The van der Waals surface area contributed by atoms with Crippen LogP contribution in [0.25, 0.3) is 11.0 Å². The van der Waals surface area contributed by atoms with Gasteiger partial charge in [0.1, 0.15) is 17.7 Å². The van der Waals surface area contributed by atoms with Gasteiger partial charge in [-0.2, -0.15) is 0 Å². The molecule has 4 heterocycles. The maximum absolute atomic E-state index is 14.2. The molecular formula is C35H40F2N6O2. The van der Waals surface area contributed by atoms with Gasteiger partial charge in [-0.05, 0) is 78.7 Å². The third-order valence-electron chi connectivity index (χ3n) is 9.63. The van der Waals surface area contributed by atoms with Crippen molar-refractivity contribution >= 4 is 16.9 Å². The van der Waals surface area contributed by atoms with E-state index in [-0.39, 0.29) is 23.8 Å². The van der Waals surface area contributed by atoms with Crippen LogP contribution >= 0.6 is 0 Å². The normalized spacial score (nSPS) is 19.3. The minimum atomic E-state index is -2.59. The van der Waals surface area contributed by atoms with Gasteiger partial charge in [0.05, 0.1) is 11.8 Å². The lowest BCUT2D eigenvalue weighted by Gasteiger charge is -2.35. The molecule has 45 heavy (non-hydrogen) atoms. The fourth-order valence-electron chi connectivity index (χ4n) is 6.73. The Morgan fingerprint density at radius 1 is 1.07 bits per heavy atom. The van der Waals surface area contributed by atoms with Gasteiger partial charge in [-0.15, -0.1) is 0 Å². The highest BCUT2D eigenvalue weighted by molar-refractivity contribution is 5.82. The zero-order valence-electron chi connectivity index (χ0n) is 25.9. The van der Waals surface area contributed by atoms with Crippen LogP contribution < -0.4 is 4.74 Å². The first-order chi connectivity index (χ1) is 21.8. The van der Waals surface area contributed by atoms with E-state index in [2.05, 4.69) is 50.9 Å². The molecule has 7 rings (SSSR count). The summed E-state index contributed by atoms with van der Waals surface area (Å²) in [7, 11) is 2.08. The largest absolute Gasteiger partial charge is 0.438 e. The number of aromatic amines is 1. The molecule has 8 nitrogen and oxygen atoms in total. The zero-order chi connectivity index (χ0) is 31.1. The first-order valence-corrected chi connectivity index (χ1v) is 16.1. The fourth-order valence-corrected chi connectivity index (χ4v) is 6.73. The molecule has 1 atom stereocenters. The maximum atomic E-state index is 14.2. The van der Waals surface area contributed by atoms with Gasteiger partial charge in [0.2, 0.25) is 11.8 Å². The number of benzene rings is 2. The summed E-state index contributed by atoms with van der Waals surface area (Å²) in [5.41, 5.74) is 5.48. The highest BCUT2D eigenvalue weighted by Crippen LogP contribution is 2.42. The molecule has 2 aromatic carbocycles. The Morgan fingerprint density at radius 3 is 2.64 bits per heavy atom. The van der Waals surface area contributed by atoms with Crippen LogP contribution in [0.3, 0.4) is 0 Å². The molecule has 0 radical (unpaired) electrons. The summed E-state index contributed by atoms with van der Waals surface area (Å²) < 4.78 is 34.6. The number of hydrogen-bond acceptors (Lipinski definition) is 6. The second kappa shape index (κ2) is 12.5. The van der Waals surface area contributed by atoms with Crippen molar-refractivity contribution in [1.82, 2.24) is 29.7 Å². The van der Waals surface area contributed by atoms with E-state index in [0.29, 0.717) is 48.3 Å². The predicted octanol–water partition coefficient (Wildman–Crippen LogP) is 6.39. The van der Waals surface area contributed by atoms with E-state index < -0.39 is 6.43 Å². The highest BCUT2D eigenvalue weighted by Gasteiger charge is 2.29. The molecule has 0 spiro atoms. The van der Waals surface area contributed by atoms with E-state index in [1.54, 1.807) is 6.07 Å². The van der Waals surface area contributed by atoms with Crippen molar-refractivity contribution in [2.45, 2.75) is 64.0 Å². The van der Waals surface area contributed by atoms with Crippen LogP contribution in [-0.2, 0) is 24.3 Å². The van der Waals surface area contributed by atoms with E-state index in [1.165, 1.54) is 36.5 Å². The Bertz CT molecular complexity index is 1690. The summed E-state index contributed by atoms with van der Waals surface area (Å²) in [6, 6.07) is 13.3. The van der Waals surface area contributed by atoms with Crippen LogP contribution in [0.15, 0.2) is 48.8 Å². The minimum absolute atomic E-state index is 0.0296. The van der Waals surface area contributed by atoms with Crippen molar-refractivity contribution in [2.24, 2.45) is 0 Å². The monoisotopic (exact) mass is 614 g/mol. The van der Waals surface area contributed by atoms with Crippen molar-refractivity contribution in [3.8, 4) is 11.6 Å². The fraction of sp³-hybridized carbons (Fsp3) is 0.457. The number of fused-ring (bicyclic) bond motifs is 2. The molecular weight excluding hydrogens is 574 g/mol. The molecule has 1 saturated carbocycles. The third kappa shape index (κ3) is 6.44. The zero-order valence-corrected chi connectivity index (χ0v) is 25.9. The van der Waals surface area contributed by atoms with Crippen molar-refractivity contribution in [1.29, 1.82) is 0 Å². The number of carbonyl (C=O) groups is 1. The van der Waals surface area contributed by atoms with E-state index in [0.717, 1.165) is 49.2 Å². The van der Waals surface area contributed by atoms with Crippen LogP contribution in [0, 0.1) is 0 Å². The number of piperazine rings is 1. The lowest BCUT2D eigenvalue weighted by Crippen LogP contribution is -2.44. The lowest BCUT2D eigenvalue weighted by atomic mass is 9.87. The number of alkyl halides is 2. The van der Waals surface area contributed by atoms with E-state index in [4.69, 9.17) is 4.74 Å². The number of nitrogens with zero attached hydrogens (tertiary/aromatic N) is 5. The number of likely N-dealkylation sites (N-methyl/N-ethyl adjacent to an activating group) is 1. The number of amides is 1. The van der Waals surface area contributed by atoms with Crippen molar-refractivity contribution in [3.05, 3.63) is 82.3 Å². The number of aromatic nitrogens is 3. The Balaban J connectivity index is 1.06. The third-order valence-corrected chi connectivity index (χ3v) is 9.63. The van der Waals surface area contributed by atoms with Crippen LogP contribution in [0.5, 0.6) is 11.6 Å². The summed E-state index contributed by atoms with van der Waals surface area (Å²) >= 11 is 0. The molecule has 0 bridgehead atoms. The summed E-state index contributed by atoms with van der Waals surface area (Å²) in [6.07, 6.45) is 2.26. The molecule has 2 aliphatic heterocycles. The van der Waals surface area contributed by atoms with E-state index in [9.17, 15) is 13.6 Å². The maximum Gasteiger partial charge on any atom is 0.264 e. The van der Waals surface area contributed by atoms with E-state index >= 15 is 0 Å². The number of carbonyl (C=O) groups excluding carboxylic acids is 1. The van der Waals surface area contributed by atoms with Crippen molar-refractivity contribution < 1.29 is 18.3 Å². The summed E-state index contributed by atoms with van der Waals surface area (Å²) in [4.78, 5) is 32.1. The van der Waals surface area contributed by atoms with Crippen molar-refractivity contribution in [3.63, 3.8) is 0 Å². The Labute approximate surface area is 262 Å². The standard InChI is InChI=1S/C35H40F2N6O2/c1-3-23-19-43(32(44)15-22-4-5-25(29(14-22)33(36)37)18-42-12-10-41(2)11-13-42)20-26-16-27(8-9-28(23)26)45-35-30-17-31(24-6-7-24)40-34(30)38-21-39-35/h4-5,8-9,14,16-17,21,23-24,33H,3,6-7,10-13,15,18-20H2,1-2H3,(H,38,39,40)/t23-/m1/s1. The van der Waals surface area contributed by atoms with Gasteiger partial charge in [0.15, 0.2) is 0 Å². The van der Waals surface area contributed by atoms with Gasteiger partial charge in [-0.1, -0.05) is 25.1 Å². The summed E-state index contributed by atoms with van der Waals surface area (Å²) in [5.74, 6) is 1.85. The molecule has 3 aliphatic rings. The average molecular weight is 615 g/mol. The Hall–Kier alpha value is -3.89. The smallest absolute Gasteiger partial charge is 0.264 e. The molecule has 2 fully saturated rings. The molecule has 10 heteroatoms. The number of H-pyrrole nitrogens is 1. The summed E-state index contributed by atoms with van der Waals surface area (Å²) in [6.45, 7) is 7.25.